The molecule has 0 radical (unpaired) electrons. The van der Waals surface area contributed by atoms with E-state index in [2.05, 4.69) is 9.72 Å². The summed E-state index contributed by atoms with van der Waals surface area (Å²) in [5.74, 6) is -0.530. The van der Waals surface area contributed by atoms with Gasteiger partial charge in [-0.25, -0.2) is 4.79 Å². The van der Waals surface area contributed by atoms with E-state index in [1.165, 1.54) is 19.4 Å². The molecule has 4 nitrogen and oxygen atoms in total. The minimum atomic E-state index is -0.530. The molecule has 1 aromatic carbocycles. The minimum Gasteiger partial charge on any atom is -0.465 e. The molecule has 2 aromatic rings. The maximum Gasteiger partial charge on any atom is 0.339 e. The summed E-state index contributed by atoms with van der Waals surface area (Å²) in [5.41, 5.74) is 0.817. The van der Waals surface area contributed by atoms with Crippen LogP contribution in [0.15, 0.2) is 35.3 Å². The molecule has 1 N–H and O–H groups in total. The van der Waals surface area contributed by atoms with Crippen molar-refractivity contribution < 1.29 is 9.53 Å². The normalized spacial score (nSPS) is 10.3. The number of carbonyl (C=O) groups is 1. The number of aromatic amines is 1. The third kappa shape index (κ3) is 2.80. The highest BCUT2D eigenvalue weighted by atomic mass is 35.5. The van der Waals surface area contributed by atoms with Crippen LogP contribution in [0.25, 0.3) is 11.1 Å². The van der Waals surface area contributed by atoms with E-state index in [0.29, 0.717) is 21.2 Å². The molecule has 0 amide bonds. The van der Waals surface area contributed by atoms with Crippen molar-refractivity contribution in [3.8, 4) is 11.1 Å². The quantitative estimate of drug-likeness (QED) is 0.866. The number of hydrogen-bond donors (Lipinski definition) is 1. The average Bonchev–Trinajstić information content (AvgIpc) is 2.41. The number of ether oxygens (including phenoxy) is 1. The number of pyridine rings is 1. The predicted molar refractivity (Wildman–Crippen MR) is 73.9 cm³/mol. The van der Waals surface area contributed by atoms with Crippen LogP contribution in [0.3, 0.4) is 0 Å². The standard InChI is InChI=1S/C13H9Cl2NO3/c1-19-13(18)8-4-9(12(17)16-6-8)7-2-3-10(14)11(15)5-7/h2-6H,1H3,(H,16,17). The third-order valence-electron chi connectivity index (χ3n) is 2.55. The Labute approximate surface area is 118 Å². The molecule has 2 rings (SSSR count). The maximum absolute atomic E-state index is 11.8. The molecule has 0 spiro atoms. The SMILES string of the molecule is COC(=O)c1c[nH]c(=O)c(-c2ccc(Cl)c(Cl)c2)c1. The third-order valence-corrected chi connectivity index (χ3v) is 3.29. The summed E-state index contributed by atoms with van der Waals surface area (Å²) < 4.78 is 4.60. The number of H-pyrrole nitrogens is 1. The van der Waals surface area contributed by atoms with Gasteiger partial charge in [-0.05, 0) is 23.8 Å². The molecule has 0 atom stereocenters. The van der Waals surface area contributed by atoms with Crippen molar-refractivity contribution in [3.63, 3.8) is 0 Å². The molecule has 0 bridgehead atoms. The average molecular weight is 298 g/mol. The first kappa shape index (κ1) is 13.6. The molecular weight excluding hydrogens is 289 g/mol. The van der Waals surface area contributed by atoms with E-state index in [-0.39, 0.29) is 11.1 Å². The number of carbonyl (C=O) groups excluding carboxylic acids is 1. The van der Waals surface area contributed by atoms with E-state index in [0.717, 1.165) is 0 Å². The van der Waals surface area contributed by atoms with Crippen LogP contribution >= 0.6 is 23.2 Å². The first-order valence-corrected chi connectivity index (χ1v) is 6.05. The number of nitrogens with one attached hydrogen (secondary N) is 1. The van der Waals surface area contributed by atoms with Crippen molar-refractivity contribution >= 4 is 29.2 Å². The van der Waals surface area contributed by atoms with Crippen LogP contribution in [0.4, 0.5) is 0 Å². The molecule has 0 fully saturated rings. The zero-order valence-corrected chi connectivity index (χ0v) is 11.4. The summed E-state index contributed by atoms with van der Waals surface area (Å²) in [7, 11) is 1.27. The Balaban J connectivity index is 2.57. The Hall–Kier alpha value is -1.78. The van der Waals surface area contributed by atoms with Gasteiger partial charge in [-0.1, -0.05) is 29.3 Å². The van der Waals surface area contributed by atoms with Gasteiger partial charge >= 0.3 is 5.97 Å². The molecule has 19 heavy (non-hydrogen) atoms. The Kier molecular flexibility index (Phi) is 3.93. The summed E-state index contributed by atoms with van der Waals surface area (Å²) in [6.07, 6.45) is 1.30. The summed E-state index contributed by atoms with van der Waals surface area (Å²) in [5, 5.41) is 0.730. The van der Waals surface area contributed by atoms with Gasteiger partial charge in [0, 0.05) is 11.8 Å². The molecule has 98 valence electrons. The highest BCUT2D eigenvalue weighted by molar-refractivity contribution is 6.42. The molecule has 0 saturated carbocycles. The van der Waals surface area contributed by atoms with Gasteiger partial charge in [0.05, 0.1) is 22.7 Å². The van der Waals surface area contributed by atoms with E-state index in [9.17, 15) is 9.59 Å². The lowest BCUT2D eigenvalue weighted by Crippen LogP contribution is -2.12. The van der Waals surface area contributed by atoms with Gasteiger partial charge < -0.3 is 9.72 Å². The van der Waals surface area contributed by atoms with E-state index >= 15 is 0 Å². The smallest absolute Gasteiger partial charge is 0.339 e. The summed E-state index contributed by atoms with van der Waals surface area (Å²) in [6.45, 7) is 0. The van der Waals surface area contributed by atoms with Gasteiger partial charge in [-0.15, -0.1) is 0 Å². The molecule has 0 aliphatic carbocycles. The number of hydrogen-bond acceptors (Lipinski definition) is 3. The fraction of sp³-hybridized carbons (Fsp3) is 0.0769. The summed E-state index contributed by atoms with van der Waals surface area (Å²) >= 11 is 11.7. The number of esters is 1. The summed E-state index contributed by atoms with van der Waals surface area (Å²) in [4.78, 5) is 25.7. The lowest BCUT2D eigenvalue weighted by molar-refractivity contribution is 0.0600. The van der Waals surface area contributed by atoms with Gasteiger partial charge in [-0.3, -0.25) is 4.79 Å². The molecule has 0 unspecified atom stereocenters. The highest BCUT2D eigenvalue weighted by Gasteiger charge is 2.11. The lowest BCUT2D eigenvalue weighted by Gasteiger charge is -2.05. The Bertz CT molecular complexity index is 695. The summed E-state index contributed by atoms with van der Waals surface area (Å²) in [6, 6.07) is 6.25. The van der Waals surface area contributed by atoms with E-state index in [1.807, 2.05) is 0 Å². The van der Waals surface area contributed by atoms with Crippen LogP contribution in [0, 0.1) is 0 Å². The van der Waals surface area contributed by atoms with Crippen molar-refractivity contribution in [2.75, 3.05) is 7.11 Å². The van der Waals surface area contributed by atoms with Gasteiger partial charge in [0.2, 0.25) is 0 Å². The van der Waals surface area contributed by atoms with Crippen LogP contribution in [0.2, 0.25) is 10.0 Å². The van der Waals surface area contributed by atoms with Gasteiger partial charge in [0.25, 0.3) is 5.56 Å². The van der Waals surface area contributed by atoms with Gasteiger partial charge in [0.15, 0.2) is 0 Å². The monoisotopic (exact) mass is 297 g/mol. The molecule has 1 aromatic heterocycles. The van der Waals surface area contributed by atoms with Crippen LogP contribution in [0.1, 0.15) is 10.4 Å². The molecular formula is C13H9Cl2NO3. The molecule has 0 aliphatic heterocycles. The topological polar surface area (TPSA) is 59.2 Å². The number of rotatable bonds is 2. The van der Waals surface area contributed by atoms with Crippen molar-refractivity contribution in [1.82, 2.24) is 4.98 Å². The zero-order chi connectivity index (χ0) is 14.0. The lowest BCUT2D eigenvalue weighted by atomic mass is 10.1. The Morgan fingerprint density at radius 3 is 2.58 bits per heavy atom. The second-order valence-corrected chi connectivity index (χ2v) is 4.57. The van der Waals surface area contributed by atoms with Crippen LogP contribution in [0.5, 0.6) is 0 Å². The largest absolute Gasteiger partial charge is 0.465 e. The predicted octanol–water partition coefficient (Wildman–Crippen LogP) is 3.14. The maximum atomic E-state index is 11.8. The van der Waals surface area contributed by atoms with Gasteiger partial charge in [0.1, 0.15) is 0 Å². The van der Waals surface area contributed by atoms with E-state index in [1.54, 1.807) is 18.2 Å². The molecule has 1 heterocycles. The number of halogens is 2. The first-order chi connectivity index (χ1) is 9.02. The number of methoxy groups -OCH3 is 1. The van der Waals surface area contributed by atoms with E-state index in [4.69, 9.17) is 23.2 Å². The van der Waals surface area contributed by atoms with Crippen molar-refractivity contribution in [2.24, 2.45) is 0 Å². The van der Waals surface area contributed by atoms with E-state index < -0.39 is 5.97 Å². The highest BCUT2D eigenvalue weighted by Crippen LogP contribution is 2.27. The van der Waals surface area contributed by atoms with Crippen molar-refractivity contribution in [2.45, 2.75) is 0 Å². The number of benzene rings is 1. The Morgan fingerprint density at radius 1 is 1.21 bits per heavy atom. The van der Waals surface area contributed by atoms with Crippen LogP contribution in [-0.4, -0.2) is 18.1 Å². The van der Waals surface area contributed by atoms with Crippen molar-refractivity contribution in [3.05, 3.63) is 56.4 Å². The minimum absolute atomic E-state index is 0.253. The number of aromatic nitrogens is 1. The Morgan fingerprint density at radius 2 is 1.95 bits per heavy atom. The zero-order valence-electron chi connectivity index (χ0n) is 9.87. The molecule has 0 aliphatic rings. The first-order valence-electron chi connectivity index (χ1n) is 5.29. The molecule has 0 saturated heterocycles. The second-order valence-electron chi connectivity index (χ2n) is 3.75. The fourth-order valence-corrected chi connectivity index (χ4v) is 1.90. The van der Waals surface area contributed by atoms with Crippen LogP contribution < -0.4 is 5.56 Å². The van der Waals surface area contributed by atoms with Crippen LogP contribution in [-0.2, 0) is 4.74 Å². The molecule has 6 heteroatoms. The fourth-order valence-electron chi connectivity index (χ4n) is 1.60. The van der Waals surface area contributed by atoms with Crippen molar-refractivity contribution in [1.29, 1.82) is 0 Å². The van der Waals surface area contributed by atoms with Gasteiger partial charge in [-0.2, -0.15) is 0 Å². The second kappa shape index (κ2) is 5.47.